The number of methoxy groups -OCH3 is 1. The number of carbonyl (C=O) groups is 3. The molecular formula is C22H30N2O4. The van der Waals surface area contributed by atoms with Gasteiger partial charge in [0, 0.05) is 12.5 Å². The molecule has 0 spiro atoms. The molecule has 1 aliphatic heterocycles. The molecule has 152 valence electrons. The molecule has 0 unspecified atom stereocenters. The molecule has 2 fully saturated rings. The number of fused-ring (bicyclic) bond motifs is 2. The molecule has 0 aromatic heterocycles. The van der Waals surface area contributed by atoms with Gasteiger partial charge in [-0.2, -0.15) is 0 Å². The molecule has 6 nitrogen and oxygen atoms in total. The molecule has 2 aliphatic rings. The van der Waals surface area contributed by atoms with E-state index >= 15 is 0 Å². The van der Waals surface area contributed by atoms with Crippen molar-refractivity contribution in [2.24, 2.45) is 16.7 Å². The van der Waals surface area contributed by atoms with Crippen LogP contribution in [-0.2, 0) is 20.8 Å². The minimum Gasteiger partial charge on any atom is -0.497 e. The van der Waals surface area contributed by atoms with Crippen LogP contribution in [0.4, 0.5) is 0 Å². The summed E-state index contributed by atoms with van der Waals surface area (Å²) in [5.41, 5.74) is 0.246. The number of piperidine rings is 1. The van der Waals surface area contributed by atoms with Gasteiger partial charge >= 0.3 is 0 Å². The van der Waals surface area contributed by atoms with Crippen molar-refractivity contribution in [2.45, 2.75) is 46.5 Å². The summed E-state index contributed by atoms with van der Waals surface area (Å²) in [6.45, 7) is 6.26. The lowest BCUT2D eigenvalue weighted by Crippen LogP contribution is -2.60. The number of nitrogens with one attached hydrogen (secondary N) is 1. The molecule has 1 N–H and O–H groups in total. The third kappa shape index (κ3) is 3.40. The summed E-state index contributed by atoms with van der Waals surface area (Å²) in [5, 5.41) is 2.84. The molecule has 1 aromatic carbocycles. The summed E-state index contributed by atoms with van der Waals surface area (Å²) in [7, 11) is 1.63. The highest BCUT2D eigenvalue weighted by atomic mass is 16.5. The van der Waals surface area contributed by atoms with Gasteiger partial charge in [-0.1, -0.05) is 32.9 Å². The maximum Gasteiger partial charge on any atom is 0.240 e. The Labute approximate surface area is 166 Å². The average molecular weight is 386 g/mol. The predicted octanol–water partition coefficient (Wildman–Crippen LogP) is 2.56. The normalized spacial score (nSPS) is 25.7. The Morgan fingerprint density at radius 2 is 1.89 bits per heavy atom. The number of carbonyl (C=O) groups excluding carboxylic acids is 3. The van der Waals surface area contributed by atoms with Crippen molar-refractivity contribution < 1.29 is 19.1 Å². The number of ether oxygens (including phenoxy) is 1. The van der Waals surface area contributed by atoms with E-state index in [1.807, 2.05) is 45.0 Å². The monoisotopic (exact) mass is 386 g/mol. The highest BCUT2D eigenvalue weighted by molar-refractivity contribution is 6.06. The molecule has 1 aliphatic carbocycles. The van der Waals surface area contributed by atoms with Crippen molar-refractivity contribution in [3.8, 4) is 5.75 Å². The number of likely N-dealkylation sites (tertiary alicyclic amines) is 1. The van der Waals surface area contributed by atoms with E-state index in [9.17, 15) is 14.4 Å². The van der Waals surface area contributed by atoms with Crippen LogP contribution in [0.25, 0.3) is 0 Å². The second-order valence-corrected chi connectivity index (χ2v) is 8.68. The van der Waals surface area contributed by atoms with Crippen molar-refractivity contribution in [3.63, 3.8) is 0 Å². The number of rotatable bonds is 7. The molecule has 2 bridgehead atoms. The number of nitrogens with zero attached hydrogens (tertiary/aromatic N) is 1. The third-order valence-corrected chi connectivity index (χ3v) is 6.93. The van der Waals surface area contributed by atoms with E-state index in [1.165, 1.54) is 10.5 Å². The fourth-order valence-corrected chi connectivity index (χ4v) is 4.56. The van der Waals surface area contributed by atoms with Crippen LogP contribution in [0.2, 0.25) is 0 Å². The molecule has 2 atom stereocenters. The Bertz CT molecular complexity index is 771. The number of benzene rings is 1. The van der Waals surface area contributed by atoms with Gasteiger partial charge in [0.05, 0.1) is 12.5 Å². The lowest BCUT2D eigenvalue weighted by molar-refractivity contribution is -0.169. The first-order valence-corrected chi connectivity index (χ1v) is 9.96. The summed E-state index contributed by atoms with van der Waals surface area (Å²) in [5.74, 6) is -0.0426. The molecule has 28 heavy (non-hydrogen) atoms. The van der Waals surface area contributed by atoms with Gasteiger partial charge in [0.1, 0.15) is 12.3 Å². The van der Waals surface area contributed by atoms with Gasteiger partial charge < -0.3 is 10.1 Å². The zero-order valence-corrected chi connectivity index (χ0v) is 17.2. The standard InChI is InChI=1S/C22H30N2O4/c1-21(2)17-11-12-22(21,3)20(27)24(19(17)26)14-18(25)23-13-5-6-15-7-9-16(28-4)10-8-15/h7-10,17H,5-6,11-14H2,1-4H3,(H,23,25)/t17-,22-/m0/s1. The minimum atomic E-state index is -0.569. The smallest absolute Gasteiger partial charge is 0.240 e. The summed E-state index contributed by atoms with van der Waals surface area (Å²) < 4.78 is 5.14. The van der Waals surface area contributed by atoms with Crippen LogP contribution in [0.1, 0.15) is 45.6 Å². The molecular weight excluding hydrogens is 356 g/mol. The van der Waals surface area contributed by atoms with Gasteiger partial charge in [0.2, 0.25) is 17.7 Å². The molecule has 0 radical (unpaired) electrons. The van der Waals surface area contributed by atoms with E-state index in [4.69, 9.17) is 4.74 Å². The summed E-state index contributed by atoms with van der Waals surface area (Å²) >= 11 is 0. The van der Waals surface area contributed by atoms with Gasteiger partial charge in [-0.15, -0.1) is 0 Å². The van der Waals surface area contributed by atoms with Gasteiger partial charge in [-0.25, -0.2) is 0 Å². The van der Waals surface area contributed by atoms with Crippen molar-refractivity contribution in [1.29, 1.82) is 0 Å². The summed E-state index contributed by atoms with van der Waals surface area (Å²) in [6, 6.07) is 7.84. The van der Waals surface area contributed by atoms with E-state index in [2.05, 4.69) is 5.32 Å². The van der Waals surface area contributed by atoms with Gasteiger partial charge in [-0.05, 0) is 48.8 Å². The Kier molecular flexibility index (Phi) is 5.50. The molecule has 3 rings (SSSR count). The second kappa shape index (κ2) is 7.57. The van der Waals surface area contributed by atoms with Crippen molar-refractivity contribution in [3.05, 3.63) is 29.8 Å². The van der Waals surface area contributed by atoms with Crippen LogP contribution >= 0.6 is 0 Å². The van der Waals surface area contributed by atoms with Crippen LogP contribution in [0.15, 0.2) is 24.3 Å². The molecule has 1 saturated heterocycles. The lowest BCUT2D eigenvalue weighted by atomic mass is 9.62. The van der Waals surface area contributed by atoms with Gasteiger partial charge in [-0.3, -0.25) is 19.3 Å². The van der Waals surface area contributed by atoms with Crippen LogP contribution < -0.4 is 10.1 Å². The highest BCUT2D eigenvalue weighted by Gasteiger charge is 2.64. The van der Waals surface area contributed by atoms with E-state index in [0.29, 0.717) is 19.4 Å². The van der Waals surface area contributed by atoms with Gasteiger partial charge in [0.25, 0.3) is 0 Å². The molecule has 6 heteroatoms. The Hall–Kier alpha value is -2.37. The van der Waals surface area contributed by atoms with Crippen molar-refractivity contribution >= 4 is 17.7 Å². The number of aryl methyl sites for hydroxylation is 1. The van der Waals surface area contributed by atoms with E-state index in [-0.39, 0.29) is 35.6 Å². The van der Waals surface area contributed by atoms with E-state index < -0.39 is 5.41 Å². The fourth-order valence-electron chi connectivity index (χ4n) is 4.56. The summed E-state index contributed by atoms with van der Waals surface area (Å²) in [6.07, 6.45) is 3.04. The largest absolute Gasteiger partial charge is 0.497 e. The number of hydrogen-bond donors (Lipinski definition) is 1. The van der Waals surface area contributed by atoms with E-state index in [1.54, 1.807) is 7.11 Å². The number of hydrogen-bond acceptors (Lipinski definition) is 4. The minimum absolute atomic E-state index is 0.178. The Balaban J connectivity index is 1.49. The SMILES string of the molecule is COc1ccc(CCCNC(=O)CN2C(=O)[C@@H]3CC[C@@](C)(C2=O)C3(C)C)cc1. The first kappa shape index (κ1) is 20.4. The van der Waals surface area contributed by atoms with Crippen LogP contribution in [0.3, 0.4) is 0 Å². The van der Waals surface area contributed by atoms with Crippen LogP contribution in [0, 0.1) is 16.7 Å². The van der Waals surface area contributed by atoms with Crippen molar-refractivity contribution in [1.82, 2.24) is 10.2 Å². The maximum absolute atomic E-state index is 12.9. The fraction of sp³-hybridized carbons (Fsp3) is 0.591. The first-order chi connectivity index (χ1) is 13.2. The quantitative estimate of drug-likeness (QED) is 0.577. The number of imide groups is 1. The Morgan fingerprint density at radius 1 is 1.21 bits per heavy atom. The molecule has 3 amide bonds. The zero-order valence-electron chi connectivity index (χ0n) is 17.2. The average Bonchev–Trinajstić information content (AvgIpc) is 2.87. The van der Waals surface area contributed by atoms with Crippen LogP contribution in [0.5, 0.6) is 5.75 Å². The van der Waals surface area contributed by atoms with Crippen molar-refractivity contribution in [2.75, 3.05) is 20.2 Å². The summed E-state index contributed by atoms with van der Waals surface area (Å²) in [4.78, 5) is 39.2. The van der Waals surface area contributed by atoms with E-state index in [0.717, 1.165) is 18.6 Å². The molecule has 1 heterocycles. The second-order valence-electron chi connectivity index (χ2n) is 8.68. The third-order valence-electron chi connectivity index (χ3n) is 6.93. The zero-order chi connectivity index (χ0) is 20.5. The van der Waals surface area contributed by atoms with Crippen LogP contribution in [-0.4, -0.2) is 42.8 Å². The molecule has 1 aromatic rings. The molecule has 1 saturated carbocycles. The lowest BCUT2D eigenvalue weighted by Gasteiger charge is -2.47. The van der Waals surface area contributed by atoms with Gasteiger partial charge in [0.15, 0.2) is 0 Å². The first-order valence-electron chi connectivity index (χ1n) is 9.96. The predicted molar refractivity (Wildman–Crippen MR) is 106 cm³/mol. The maximum atomic E-state index is 12.9. The number of amides is 3. The topological polar surface area (TPSA) is 75.7 Å². The Morgan fingerprint density at radius 3 is 2.54 bits per heavy atom. The highest BCUT2D eigenvalue weighted by Crippen LogP contribution is 2.59.